The molecule has 17 heavy (non-hydrogen) atoms. The van der Waals surface area contributed by atoms with Crippen LogP contribution in [0.5, 0.6) is 0 Å². The lowest BCUT2D eigenvalue weighted by Gasteiger charge is -2.13. The van der Waals surface area contributed by atoms with Crippen molar-refractivity contribution in [3.05, 3.63) is 22.4 Å². The largest absolute Gasteiger partial charge is 0.481 e. The highest BCUT2D eigenvalue weighted by Gasteiger charge is 2.12. The number of thiophene rings is 1. The van der Waals surface area contributed by atoms with Crippen molar-refractivity contribution < 1.29 is 14.7 Å². The lowest BCUT2D eigenvalue weighted by Crippen LogP contribution is -2.31. The van der Waals surface area contributed by atoms with Crippen LogP contribution in [0, 0.1) is 5.92 Å². The van der Waals surface area contributed by atoms with Crippen molar-refractivity contribution in [3.8, 4) is 0 Å². The van der Waals surface area contributed by atoms with E-state index in [1.54, 1.807) is 11.3 Å². The first kappa shape index (κ1) is 13.7. The number of hydrogen-bond acceptors (Lipinski definition) is 3. The Labute approximate surface area is 105 Å². The molecule has 1 rings (SSSR count). The van der Waals surface area contributed by atoms with Crippen molar-refractivity contribution in [1.82, 2.24) is 5.32 Å². The van der Waals surface area contributed by atoms with Crippen LogP contribution in [0.25, 0.3) is 0 Å². The summed E-state index contributed by atoms with van der Waals surface area (Å²) in [6.07, 6.45) is 1.23. The lowest BCUT2D eigenvalue weighted by atomic mass is 10.0. The van der Waals surface area contributed by atoms with Crippen molar-refractivity contribution in [2.24, 2.45) is 5.92 Å². The zero-order valence-electron chi connectivity index (χ0n) is 9.81. The molecular formula is C12H17NO3S. The molecule has 94 valence electrons. The first-order valence-corrected chi connectivity index (χ1v) is 6.55. The molecule has 0 aromatic carbocycles. The van der Waals surface area contributed by atoms with Crippen LogP contribution in [0.4, 0.5) is 0 Å². The lowest BCUT2D eigenvalue weighted by molar-refractivity contribution is -0.138. The molecule has 1 atom stereocenters. The van der Waals surface area contributed by atoms with E-state index in [2.05, 4.69) is 5.32 Å². The highest BCUT2D eigenvalue weighted by atomic mass is 32.1. The molecule has 0 fully saturated rings. The minimum absolute atomic E-state index is 0.0129. The minimum atomic E-state index is -0.816. The van der Waals surface area contributed by atoms with Crippen molar-refractivity contribution in [3.63, 3.8) is 0 Å². The third-order valence-corrected chi connectivity index (χ3v) is 3.31. The summed E-state index contributed by atoms with van der Waals surface area (Å²) in [5.74, 6) is -0.852. The number of carbonyl (C=O) groups excluding carboxylic acids is 1. The molecule has 1 amide bonds. The highest BCUT2D eigenvalue weighted by molar-refractivity contribution is 7.07. The quantitative estimate of drug-likeness (QED) is 0.782. The van der Waals surface area contributed by atoms with Gasteiger partial charge in [0, 0.05) is 13.0 Å². The molecule has 4 nitrogen and oxygen atoms in total. The fraction of sp³-hybridized carbons (Fsp3) is 0.500. The number of aliphatic carboxylic acids is 1. The van der Waals surface area contributed by atoms with Crippen LogP contribution < -0.4 is 5.32 Å². The van der Waals surface area contributed by atoms with Gasteiger partial charge < -0.3 is 10.4 Å². The van der Waals surface area contributed by atoms with E-state index >= 15 is 0 Å². The smallest absolute Gasteiger partial charge is 0.303 e. The van der Waals surface area contributed by atoms with E-state index in [1.165, 1.54) is 0 Å². The molecule has 0 aliphatic heterocycles. The summed E-state index contributed by atoms with van der Waals surface area (Å²) >= 11 is 1.56. The van der Waals surface area contributed by atoms with Crippen LogP contribution >= 0.6 is 11.3 Å². The first-order valence-electron chi connectivity index (χ1n) is 5.61. The Hall–Kier alpha value is -1.36. The fourth-order valence-corrected chi connectivity index (χ4v) is 2.18. The highest BCUT2D eigenvalue weighted by Crippen LogP contribution is 2.08. The Morgan fingerprint density at radius 3 is 2.82 bits per heavy atom. The van der Waals surface area contributed by atoms with Crippen molar-refractivity contribution in [1.29, 1.82) is 0 Å². The number of carbonyl (C=O) groups is 2. The van der Waals surface area contributed by atoms with E-state index in [4.69, 9.17) is 5.11 Å². The van der Waals surface area contributed by atoms with Gasteiger partial charge in [-0.2, -0.15) is 11.3 Å². The summed E-state index contributed by atoms with van der Waals surface area (Å²) in [6.45, 7) is 2.37. The third-order valence-electron chi connectivity index (χ3n) is 2.57. The maximum Gasteiger partial charge on any atom is 0.303 e. The number of amides is 1. The van der Waals surface area contributed by atoms with Gasteiger partial charge in [-0.05, 0) is 28.3 Å². The average Bonchev–Trinajstić information content (AvgIpc) is 2.76. The second-order valence-electron chi connectivity index (χ2n) is 3.98. The Bertz CT molecular complexity index is 362. The zero-order chi connectivity index (χ0) is 12.7. The Morgan fingerprint density at radius 2 is 2.29 bits per heavy atom. The number of carboxylic acid groups (broad SMARTS) is 1. The van der Waals surface area contributed by atoms with Crippen molar-refractivity contribution >= 4 is 23.2 Å². The second-order valence-corrected chi connectivity index (χ2v) is 4.76. The van der Waals surface area contributed by atoms with Crippen molar-refractivity contribution in [2.45, 2.75) is 26.2 Å². The summed E-state index contributed by atoms with van der Waals surface area (Å²) in [4.78, 5) is 22.1. The molecular weight excluding hydrogens is 238 g/mol. The zero-order valence-corrected chi connectivity index (χ0v) is 10.6. The third kappa shape index (κ3) is 5.49. The Morgan fingerprint density at radius 1 is 1.53 bits per heavy atom. The molecule has 0 bridgehead atoms. The van der Waals surface area contributed by atoms with E-state index in [0.717, 1.165) is 12.0 Å². The summed E-state index contributed by atoms with van der Waals surface area (Å²) in [5.41, 5.74) is 0.999. The molecule has 0 saturated heterocycles. The summed E-state index contributed by atoms with van der Waals surface area (Å²) in [6, 6.07) is 1.92. The van der Waals surface area contributed by atoms with Gasteiger partial charge in [0.25, 0.3) is 0 Å². The molecule has 0 saturated carbocycles. The number of rotatable bonds is 7. The van der Waals surface area contributed by atoms with E-state index in [1.807, 2.05) is 23.8 Å². The van der Waals surface area contributed by atoms with E-state index in [0.29, 0.717) is 13.0 Å². The van der Waals surface area contributed by atoms with Gasteiger partial charge in [0.2, 0.25) is 5.91 Å². The van der Waals surface area contributed by atoms with E-state index in [9.17, 15) is 9.59 Å². The van der Waals surface area contributed by atoms with E-state index < -0.39 is 5.97 Å². The number of hydrogen-bond donors (Lipinski definition) is 2. The molecule has 5 heteroatoms. The average molecular weight is 255 g/mol. The first-order chi connectivity index (χ1) is 8.11. The van der Waals surface area contributed by atoms with E-state index in [-0.39, 0.29) is 18.2 Å². The topological polar surface area (TPSA) is 66.4 Å². The van der Waals surface area contributed by atoms with Crippen molar-refractivity contribution in [2.75, 3.05) is 6.54 Å². The van der Waals surface area contributed by atoms with Gasteiger partial charge in [-0.15, -0.1) is 0 Å². The molecule has 2 N–H and O–H groups in total. The summed E-state index contributed by atoms with van der Waals surface area (Å²) in [5, 5.41) is 15.3. The van der Waals surface area contributed by atoms with Gasteiger partial charge in [-0.1, -0.05) is 13.3 Å². The van der Waals surface area contributed by atoms with Crippen LogP contribution in [0.3, 0.4) is 0 Å². The number of nitrogens with one attached hydrogen (secondary N) is 1. The summed E-state index contributed by atoms with van der Waals surface area (Å²) < 4.78 is 0. The van der Waals surface area contributed by atoms with Gasteiger partial charge in [0.1, 0.15) is 0 Å². The van der Waals surface area contributed by atoms with Crippen LogP contribution in [0.1, 0.15) is 25.3 Å². The van der Waals surface area contributed by atoms with Gasteiger partial charge in [-0.25, -0.2) is 0 Å². The minimum Gasteiger partial charge on any atom is -0.481 e. The Kier molecular flexibility index (Phi) is 5.69. The SMILES string of the molecule is CCC(CNC(=O)Cc1ccsc1)CC(=O)O. The molecule has 1 aromatic rings. The summed E-state index contributed by atoms with van der Waals surface area (Å²) in [7, 11) is 0. The molecule has 0 aliphatic carbocycles. The second kappa shape index (κ2) is 7.06. The van der Waals surface area contributed by atoms with Gasteiger partial charge in [0.15, 0.2) is 0 Å². The van der Waals surface area contributed by atoms with Crippen LogP contribution in [0.15, 0.2) is 16.8 Å². The molecule has 1 aromatic heterocycles. The molecule has 0 radical (unpaired) electrons. The predicted octanol–water partition coefficient (Wildman–Crippen LogP) is 1.91. The van der Waals surface area contributed by atoms with Gasteiger partial charge >= 0.3 is 5.97 Å². The molecule has 1 unspecified atom stereocenters. The van der Waals surface area contributed by atoms with Crippen LogP contribution in [-0.4, -0.2) is 23.5 Å². The molecule has 0 aliphatic rings. The Balaban J connectivity index is 2.29. The normalized spacial score (nSPS) is 12.1. The maximum atomic E-state index is 11.6. The van der Waals surface area contributed by atoms with Crippen LogP contribution in [-0.2, 0) is 16.0 Å². The van der Waals surface area contributed by atoms with Gasteiger partial charge in [-0.3, -0.25) is 9.59 Å². The predicted molar refractivity (Wildman–Crippen MR) is 67.1 cm³/mol. The van der Waals surface area contributed by atoms with Gasteiger partial charge in [0.05, 0.1) is 6.42 Å². The van der Waals surface area contributed by atoms with Crippen LogP contribution in [0.2, 0.25) is 0 Å². The molecule has 0 spiro atoms. The standard InChI is InChI=1S/C12H17NO3S/c1-2-9(6-12(15)16)7-13-11(14)5-10-3-4-17-8-10/h3-4,8-9H,2,5-7H2,1H3,(H,13,14)(H,15,16). The maximum absolute atomic E-state index is 11.6. The number of carboxylic acids is 1. The monoisotopic (exact) mass is 255 g/mol. The fourth-order valence-electron chi connectivity index (χ4n) is 1.51. The molecule has 1 heterocycles.